The van der Waals surface area contributed by atoms with Crippen LogP contribution < -0.4 is 5.73 Å². The van der Waals surface area contributed by atoms with Crippen LogP contribution in [-0.2, 0) is 6.54 Å². The van der Waals surface area contributed by atoms with E-state index in [-0.39, 0.29) is 0 Å². The lowest BCUT2D eigenvalue weighted by molar-refractivity contribution is 0.834. The Bertz CT molecular complexity index is 766. The van der Waals surface area contributed by atoms with E-state index in [0.717, 1.165) is 18.2 Å². The van der Waals surface area contributed by atoms with Crippen molar-refractivity contribution in [2.24, 2.45) is 0 Å². The van der Waals surface area contributed by atoms with Gasteiger partial charge in [-0.1, -0.05) is 24.3 Å². The van der Waals surface area contributed by atoms with Crippen molar-refractivity contribution in [2.45, 2.75) is 25.3 Å². The third-order valence-electron chi connectivity index (χ3n) is 4.15. The van der Waals surface area contributed by atoms with Gasteiger partial charge in [0.25, 0.3) is 0 Å². The Morgan fingerprint density at radius 2 is 1.95 bits per heavy atom. The Labute approximate surface area is 118 Å². The monoisotopic (exact) mass is 262 g/mol. The van der Waals surface area contributed by atoms with Crippen LogP contribution in [0.3, 0.4) is 0 Å². The van der Waals surface area contributed by atoms with Crippen LogP contribution in [0.2, 0.25) is 0 Å². The van der Waals surface area contributed by atoms with Crippen molar-refractivity contribution in [1.29, 1.82) is 0 Å². The van der Waals surface area contributed by atoms with Crippen LogP contribution in [0.15, 0.2) is 54.7 Å². The summed E-state index contributed by atoms with van der Waals surface area (Å²) in [5, 5.41) is 1.21. The largest absolute Gasteiger partial charge is 0.399 e. The predicted octanol–water partition coefficient (Wildman–Crippen LogP) is 4.15. The molecule has 1 heterocycles. The van der Waals surface area contributed by atoms with E-state index in [4.69, 9.17) is 5.73 Å². The molecule has 0 saturated heterocycles. The van der Waals surface area contributed by atoms with E-state index in [1.165, 1.54) is 34.9 Å². The maximum Gasteiger partial charge on any atom is 0.0484 e. The molecule has 4 rings (SSSR count). The summed E-state index contributed by atoms with van der Waals surface area (Å²) in [5.41, 5.74) is 10.8. The molecule has 2 nitrogen and oxygen atoms in total. The Morgan fingerprint density at radius 3 is 2.80 bits per heavy atom. The van der Waals surface area contributed by atoms with Crippen molar-refractivity contribution in [2.75, 3.05) is 5.73 Å². The molecule has 1 aliphatic rings. The van der Waals surface area contributed by atoms with Gasteiger partial charge in [0, 0.05) is 29.3 Å². The topological polar surface area (TPSA) is 30.9 Å². The summed E-state index contributed by atoms with van der Waals surface area (Å²) in [6.45, 7) is 0.925. The molecule has 1 aliphatic carbocycles. The van der Waals surface area contributed by atoms with Crippen LogP contribution in [0.1, 0.15) is 29.9 Å². The number of hydrogen-bond acceptors (Lipinski definition) is 1. The second-order valence-electron chi connectivity index (χ2n) is 5.78. The van der Waals surface area contributed by atoms with Crippen LogP contribution in [-0.4, -0.2) is 4.57 Å². The van der Waals surface area contributed by atoms with Crippen molar-refractivity contribution >= 4 is 16.6 Å². The molecule has 0 atom stereocenters. The van der Waals surface area contributed by atoms with E-state index < -0.39 is 0 Å². The summed E-state index contributed by atoms with van der Waals surface area (Å²) in [4.78, 5) is 0. The Hall–Kier alpha value is -2.22. The molecule has 0 bridgehead atoms. The molecule has 100 valence electrons. The van der Waals surface area contributed by atoms with E-state index in [1.807, 2.05) is 12.1 Å². The van der Waals surface area contributed by atoms with Crippen LogP contribution in [0.25, 0.3) is 10.9 Å². The van der Waals surface area contributed by atoms with E-state index in [9.17, 15) is 0 Å². The molecule has 0 spiro atoms. The zero-order valence-corrected chi connectivity index (χ0v) is 11.4. The number of fused-ring (bicyclic) bond motifs is 1. The number of nitrogens with two attached hydrogens (primary N) is 1. The minimum Gasteiger partial charge on any atom is -0.399 e. The molecular formula is C18H18N2. The van der Waals surface area contributed by atoms with Crippen molar-refractivity contribution in [1.82, 2.24) is 4.57 Å². The number of aromatic nitrogens is 1. The van der Waals surface area contributed by atoms with Gasteiger partial charge < -0.3 is 10.3 Å². The first kappa shape index (κ1) is 11.6. The maximum absolute atomic E-state index is 5.84. The molecule has 0 unspecified atom stereocenters. The Morgan fingerprint density at radius 1 is 1.05 bits per heavy atom. The highest BCUT2D eigenvalue weighted by Gasteiger charge is 2.23. The van der Waals surface area contributed by atoms with E-state index >= 15 is 0 Å². The number of anilines is 1. The van der Waals surface area contributed by atoms with Crippen molar-refractivity contribution < 1.29 is 0 Å². The first-order chi connectivity index (χ1) is 9.79. The Balaban J connectivity index is 1.68. The minimum atomic E-state index is 0.816. The number of hydrogen-bond donors (Lipinski definition) is 1. The molecule has 1 aromatic heterocycles. The number of rotatable bonds is 3. The number of nitrogen functional groups attached to an aromatic ring is 1. The molecular weight excluding hydrogens is 244 g/mol. The average Bonchev–Trinajstić information content (AvgIpc) is 3.23. The molecule has 0 amide bonds. The van der Waals surface area contributed by atoms with Gasteiger partial charge in [-0.15, -0.1) is 0 Å². The lowest BCUT2D eigenvalue weighted by atomic mass is 10.1. The van der Waals surface area contributed by atoms with Crippen LogP contribution in [0.4, 0.5) is 5.69 Å². The molecule has 2 heteroatoms. The lowest BCUT2D eigenvalue weighted by Crippen LogP contribution is -1.98. The number of benzene rings is 2. The second-order valence-corrected chi connectivity index (χ2v) is 5.78. The van der Waals surface area contributed by atoms with Gasteiger partial charge in [0.1, 0.15) is 0 Å². The van der Waals surface area contributed by atoms with E-state index in [0.29, 0.717) is 0 Å². The van der Waals surface area contributed by atoms with Gasteiger partial charge in [-0.05, 0) is 54.2 Å². The highest BCUT2D eigenvalue weighted by atomic mass is 14.9. The van der Waals surface area contributed by atoms with E-state index in [1.54, 1.807) is 0 Å². The summed E-state index contributed by atoms with van der Waals surface area (Å²) < 4.78 is 2.29. The molecule has 2 aromatic carbocycles. The van der Waals surface area contributed by atoms with Gasteiger partial charge >= 0.3 is 0 Å². The Kier molecular flexibility index (Phi) is 2.56. The van der Waals surface area contributed by atoms with Crippen LogP contribution in [0, 0.1) is 0 Å². The molecule has 1 fully saturated rings. The van der Waals surface area contributed by atoms with Crippen molar-refractivity contribution in [3.63, 3.8) is 0 Å². The van der Waals surface area contributed by atoms with E-state index in [2.05, 4.69) is 47.2 Å². The third-order valence-corrected chi connectivity index (χ3v) is 4.15. The quantitative estimate of drug-likeness (QED) is 0.706. The van der Waals surface area contributed by atoms with Gasteiger partial charge in [0.05, 0.1) is 0 Å². The van der Waals surface area contributed by atoms with Crippen molar-refractivity contribution in [3.8, 4) is 0 Å². The fourth-order valence-corrected chi connectivity index (χ4v) is 2.92. The lowest BCUT2D eigenvalue weighted by Gasteiger charge is -2.08. The molecule has 0 radical (unpaired) electrons. The van der Waals surface area contributed by atoms with Gasteiger partial charge in [0.2, 0.25) is 0 Å². The molecule has 1 saturated carbocycles. The smallest absolute Gasteiger partial charge is 0.0484 e. The molecule has 2 N–H and O–H groups in total. The fraction of sp³-hybridized carbons (Fsp3) is 0.222. The molecule has 0 aliphatic heterocycles. The van der Waals surface area contributed by atoms with Gasteiger partial charge in [-0.3, -0.25) is 0 Å². The van der Waals surface area contributed by atoms with Crippen LogP contribution in [0.5, 0.6) is 0 Å². The fourth-order valence-electron chi connectivity index (χ4n) is 2.92. The summed E-state index contributed by atoms with van der Waals surface area (Å²) in [6, 6.07) is 17.3. The molecule has 3 aromatic rings. The highest BCUT2D eigenvalue weighted by Crippen LogP contribution is 2.40. The van der Waals surface area contributed by atoms with Crippen LogP contribution >= 0.6 is 0 Å². The first-order valence-electron chi connectivity index (χ1n) is 7.23. The minimum absolute atomic E-state index is 0.816. The number of nitrogens with zero attached hydrogens (tertiary/aromatic N) is 1. The highest BCUT2D eigenvalue weighted by molar-refractivity contribution is 5.83. The third kappa shape index (κ3) is 2.07. The van der Waals surface area contributed by atoms with Gasteiger partial charge in [-0.2, -0.15) is 0 Å². The summed E-state index contributed by atoms with van der Waals surface area (Å²) >= 11 is 0. The predicted molar refractivity (Wildman–Crippen MR) is 83.9 cm³/mol. The standard InChI is InChI=1S/C18H18N2/c19-17-6-7-18-16(11-17)8-9-20(18)12-13-2-1-3-15(10-13)14-4-5-14/h1-3,6-11,14H,4-5,12,19H2. The zero-order chi connectivity index (χ0) is 13.5. The zero-order valence-electron chi connectivity index (χ0n) is 11.4. The maximum atomic E-state index is 5.84. The van der Waals surface area contributed by atoms with Gasteiger partial charge in [0.15, 0.2) is 0 Å². The second kappa shape index (κ2) is 4.41. The summed E-state index contributed by atoms with van der Waals surface area (Å²) in [6.07, 6.45) is 4.86. The van der Waals surface area contributed by atoms with Gasteiger partial charge in [-0.25, -0.2) is 0 Å². The average molecular weight is 262 g/mol. The SMILES string of the molecule is Nc1ccc2c(ccn2Cc2cccc(C3CC3)c2)c1. The molecule has 20 heavy (non-hydrogen) atoms. The normalized spacial score (nSPS) is 14.8. The summed E-state index contributed by atoms with van der Waals surface area (Å²) in [5.74, 6) is 0.816. The first-order valence-corrected chi connectivity index (χ1v) is 7.23. The van der Waals surface area contributed by atoms with Crippen molar-refractivity contribution in [3.05, 3.63) is 65.9 Å². The summed E-state index contributed by atoms with van der Waals surface area (Å²) in [7, 11) is 0.